The fourth-order valence-electron chi connectivity index (χ4n) is 2.59. The van der Waals surface area contributed by atoms with E-state index in [1.54, 1.807) is 0 Å². The number of hydrogen-bond donors (Lipinski definition) is 2. The highest BCUT2D eigenvalue weighted by molar-refractivity contribution is 7.80. The van der Waals surface area contributed by atoms with E-state index in [1.807, 2.05) is 24.3 Å². The Hall–Kier alpha value is -0.870. The van der Waals surface area contributed by atoms with Crippen LogP contribution in [0.2, 0.25) is 0 Å². The SMILES string of the molecule is O=S(O)Nc1ccccc1CC1CCCCC1. The summed E-state index contributed by atoms with van der Waals surface area (Å²) < 4.78 is 22.3. The van der Waals surface area contributed by atoms with E-state index in [9.17, 15) is 4.21 Å². The van der Waals surface area contributed by atoms with Crippen LogP contribution in [0.25, 0.3) is 0 Å². The van der Waals surface area contributed by atoms with Crippen LogP contribution in [0.5, 0.6) is 0 Å². The standard InChI is InChI=1S/C13H19NO2S/c15-17(16)14-13-9-5-4-8-12(13)10-11-6-2-1-3-7-11/h4-5,8-9,11,14H,1-3,6-7,10H2,(H,15,16). The molecule has 17 heavy (non-hydrogen) atoms. The van der Waals surface area contributed by atoms with Crippen LogP contribution in [0.15, 0.2) is 24.3 Å². The number of anilines is 1. The molecule has 0 amide bonds. The zero-order valence-corrected chi connectivity index (χ0v) is 10.7. The number of benzene rings is 1. The molecule has 0 saturated heterocycles. The van der Waals surface area contributed by atoms with E-state index in [4.69, 9.17) is 4.55 Å². The summed E-state index contributed by atoms with van der Waals surface area (Å²) in [6.07, 6.45) is 7.60. The Balaban J connectivity index is 2.05. The normalized spacial score (nSPS) is 18.9. The molecule has 0 aromatic heterocycles. The van der Waals surface area contributed by atoms with E-state index < -0.39 is 11.3 Å². The van der Waals surface area contributed by atoms with Crippen LogP contribution in [0.3, 0.4) is 0 Å². The van der Waals surface area contributed by atoms with Gasteiger partial charge in [-0.3, -0.25) is 9.27 Å². The van der Waals surface area contributed by atoms with Gasteiger partial charge in [0.2, 0.25) is 0 Å². The zero-order valence-electron chi connectivity index (χ0n) is 9.89. The smallest absolute Gasteiger partial charge is 0.259 e. The number of nitrogens with one attached hydrogen (secondary N) is 1. The van der Waals surface area contributed by atoms with Crippen molar-refractivity contribution in [3.8, 4) is 0 Å². The van der Waals surface area contributed by atoms with Gasteiger partial charge in [0, 0.05) is 0 Å². The Labute approximate surface area is 105 Å². The van der Waals surface area contributed by atoms with Crippen molar-refractivity contribution in [1.82, 2.24) is 0 Å². The molecule has 1 saturated carbocycles. The van der Waals surface area contributed by atoms with E-state index in [0.717, 1.165) is 23.6 Å². The molecule has 1 atom stereocenters. The van der Waals surface area contributed by atoms with Crippen LogP contribution in [0.1, 0.15) is 37.7 Å². The molecule has 1 aliphatic carbocycles. The summed E-state index contributed by atoms with van der Waals surface area (Å²) in [7, 11) is 0. The van der Waals surface area contributed by atoms with E-state index in [-0.39, 0.29) is 0 Å². The molecule has 3 nitrogen and oxygen atoms in total. The highest BCUT2D eigenvalue weighted by Crippen LogP contribution is 2.29. The molecule has 1 unspecified atom stereocenters. The maximum Gasteiger partial charge on any atom is 0.259 e. The highest BCUT2D eigenvalue weighted by atomic mass is 32.2. The summed E-state index contributed by atoms with van der Waals surface area (Å²) in [4.78, 5) is 0. The van der Waals surface area contributed by atoms with Crippen LogP contribution >= 0.6 is 0 Å². The van der Waals surface area contributed by atoms with Gasteiger partial charge in [-0.2, -0.15) is 0 Å². The molecule has 1 aliphatic rings. The average Bonchev–Trinajstić information content (AvgIpc) is 2.32. The topological polar surface area (TPSA) is 49.3 Å². The Morgan fingerprint density at radius 2 is 1.94 bits per heavy atom. The first kappa shape index (κ1) is 12.6. The van der Waals surface area contributed by atoms with Crippen LogP contribution in [-0.2, 0) is 17.7 Å². The summed E-state index contributed by atoms with van der Waals surface area (Å²) in [6.45, 7) is 0. The van der Waals surface area contributed by atoms with Crippen LogP contribution in [0.4, 0.5) is 5.69 Å². The van der Waals surface area contributed by atoms with Crippen molar-refractivity contribution in [3.63, 3.8) is 0 Å². The molecule has 2 rings (SSSR count). The van der Waals surface area contributed by atoms with E-state index in [0.29, 0.717) is 0 Å². The van der Waals surface area contributed by atoms with Crippen LogP contribution in [0, 0.1) is 5.92 Å². The lowest BCUT2D eigenvalue weighted by Crippen LogP contribution is -2.11. The van der Waals surface area contributed by atoms with Gasteiger partial charge < -0.3 is 0 Å². The van der Waals surface area contributed by atoms with Gasteiger partial charge in [0.1, 0.15) is 0 Å². The van der Waals surface area contributed by atoms with E-state index >= 15 is 0 Å². The first-order chi connectivity index (χ1) is 8.25. The molecular weight excluding hydrogens is 234 g/mol. The fourth-order valence-corrected chi connectivity index (χ4v) is 2.98. The minimum Gasteiger partial charge on any atom is -0.289 e. The third-order valence-electron chi connectivity index (χ3n) is 3.45. The monoisotopic (exact) mass is 253 g/mol. The summed E-state index contributed by atoms with van der Waals surface area (Å²) in [5.41, 5.74) is 1.95. The second-order valence-corrected chi connectivity index (χ2v) is 5.42. The van der Waals surface area contributed by atoms with Crippen molar-refractivity contribution in [1.29, 1.82) is 0 Å². The Kier molecular flexibility index (Phi) is 4.57. The summed E-state index contributed by atoms with van der Waals surface area (Å²) in [5.74, 6) is 0.735. The minimum absolute atomic E-state index is 0.735. The number of para-hydroxylation sites is 1. The zero-order chi connectivity index (χ0) is 12.1. The lowest BCUT2D eigenvalue weighted by Gasteiger charge is -2.22. The van der Waals surface area contributed by atoms with Crippen molar-refractivity contribution < 1.29 is 8.76 Å². The lowest BCUT2D eigenvalue weighted by atomic mass is 9.84. The largest absolute Gasteiger partial charge is 0.289 e. The molecule has 0 heterocycles. The molecular formula is C13H19NO2S. The van der Waals surface area contributed by atoms with Gasteiger partial charge in [0.25, 0.3) is 11.3 Å². The molecule has 0 bridgehead atoms. The van der Waals surface area contributed by atoms with Crippen molar-refractivity contribution >= 4 is 17.0 Å². The van der Waals surface area contributed by atoms with E-state index in [1.165, 1.54) is 32.1 Å². The quantitative estimate of drug-likeness (QED) is 0.808. The molecule has 94 valence electrons. The third-order valence-corrected chi connectivity index (χ3v) is 3.84. The van der Waals surface area contributed by atoms with Gasteiger partial charge in [-0.05, 0) is 24.0 Å². The number of rotatable bonds is 4. The van der Waals surface area contributed by atoms with E-state index in [2.05, 4.69) is 4.72 Å². The van der Waals surface area contributed by atoms with Crippen molar-refractivity contribution in [2.75, 3.05) is 4.72 Å². The maximum atomic E-state index is 10.8. The first-order valence-electron chi connectivity index (χ1n) is 6.21. The molecule has 1 aromatic carbocycles. The van der Waals surface area contributed by atoms with Crippen molar-refractivity contribution in [2.45, 2.75) is 38.5 Å². The van der Waals surface area contributed by atoms with Crippen molar-refractivity contribution in [3.05, 3.63) is 29.8 Å². The molecule has 4 heteroatoms. The van der Waals surface area contributed by atoms with Crippen LogP contribution in [-0.4, -0.2) is 8.76 Å². The molecule has 1 aromatic rings. The molecule has 0 radical (unpaired) electrons. The molecule has 1 fully saturated rings. The molecule has 0 aliphatic heterocycles. The predicted octanol–water partition coefficient (Wildman–Crippen LogP) is 3.36. The second-order valence-electron chi connectivity index (χ2n) is 4.72. The highest BCUT2D eigenvalue weighted by Gasteiger charge is 2.15. The first-order valence-corrected chi connectivity index (χ1v) is 7.32. The van der Waals surface area contributed by atoms with Gasteiger partial charge in [-0.1, -0.05) is 50.3 Å². The minimum atomic E-state index is -1.98. The predicted molar refractivity (Wildman–Crippen MR) is 71.1 cm³/mol. The Morgan fingerprint density at radius 3 is 2.65 bits per heavy atom. The summed E-state index contributed by atoms with van der Waals surface area (Å²) >= 11 is -1.98. The molecule has 2 N–H and O–H groups in total. The second kappa shape index (κ2) is 6.17. The van der Waals surface area contributed by atoms with Gasteiger partial charge in [0.05, 0.1) is 5.69 Å². The molecule has 0 spiro atoms. The Bertz CT molecular complexity index is 389. The Morgan fingerprint density at radius 1 is 1.24 bits per heavy atom. The van der Waals surface area contributed by atoms with Gasteiger partial charge >= 0.3 is 0 Å². The van der Waals surface area contributed by atoms with Gasteiger partial charge in [-0.25, -0.2) is 4.21 Å². The van der Waals surface area contributed by atoms with Gasteiger partial charge in [0.15, 0.2) is 0 Å². The van der Waals surface area contributed by atoms with Crippen molar-refractivity contribution in [2.24, 2.45) is 5.92 Å². The van der Waals surface area contributed by atoms with Gasteiger partial charge in [-0.15, -0.1) is 0 Å². The average molecular weight is 253 g/mol. The third kappa shape index (κ3) is 3.82. The van der Waals surface area contributed by atoms with Crippen LogP contribution < -0.4 is 4.72 Å². The fraction of sp³-hybridized carbons (Fsp3) is 0.538. The number of hydrogen-bond acceptors (Lipinski definition) is 1. The summed E-state index contributed by atoms with van der Waals surface area (Å²) in [5, 5.41) is 0. The lowest BCUT2D eigenvalue weighted by molar-refractivity contribution is 0.357. The maximum absolute atomic E-state index is 10.8. The summed E-state index contributed by atoms with van der Waals surface area (Å²) in [6, 6.07) is 7.79.